The second kappa shape index (κ2) is 6.12. The molecule has 0 saturated carbocycles. The predicted octanol–water partition coefficient (Wildman–Crippen LogP) is 2.95. The van der Waals surface area contributed by atoms with Crippen molar-refractivity contribution in [3.05, 3.63) is 47.7 Å². The average Bonchev–Trinajstić information content (AvgIpc) is 2.90. The Bertz CT molecular complexity index is 492. The fourth-order valence-electron chi connectivity index (χ4n) is 2.78. The van der Waals surface area contributed by atoms with Gasteiger partial charge in [-0.25, -0.2) is 0 Å². The van der Waals surface area contributed by atoms with Crippen LogP contribution in [0, 0.1) is 6.92 Å². The third-order valence-electron chi connectivity index (χ3n) is 3.94. The summed E-state index contributed by atoms with van der Waals surface area (Å²) in [6, 6.07) is 8.32. The summed E-state index contributed by atoms with van der Waals surface area (Å²) in [6.07, 6.45) is 2.01. The van der Waals surface area contributed by atoms with Crippen LogP contribution in [-0.4, -0.2) is 35.3 Å². The van der Waals surface area contributed by atoms with Gasteiger partial charge in [0.2, 0.25) is 5.91 Å². The zero-order valence-electron chi connectivity index (χ0n) is 12.7. The molecule has 1 aliphatic rings. The maximum absolute atomic E-state index is 12.6. The molecule has 3 heteroatoms. The van der Waals surface area contributed by atoms with Crippen LogP contribution in [0.25, 0.3) is 0 Å². The Morgan fingerprint density at radius 1 is 1.40 bits per heavy atom. The largest absolute Gasteiger partial charge is 0.364 e. The highest BCUT2D eigenvalue weighted by atomic mass is 16.2. The Morgan fingerprint density at radius 2 is 2.05 bits per heavy atom. The summed E-state index contributed by atoms with van der Waals surface area (Å²) in [5.41, 5.74) is 3.41. The van der Waals surface area contributed by atoms with E-state index < -0.39 is 0 Å². The van der Waals surface area contributed by atoms with Gasteiger partial charge in [0.05, 0.1) is 0 Å². The first kappa shape index (κ1) is 14.6. The van der Waals surface area contributed by atoms with Gasteiger partial charge in [-0.1, -0.05) is 36.4 Å². The number of aryl methyl sites for hydroxylation is 1. The molecular weight excluding hydrogens is 248 g/mol. The fraction of sp³-hybridized carbons (Fsp3) is 0.471. The summed E-state index contributed by atoms with van der Waals surface area (Å²) in [5.74, 6) is 0.200. The molecule has 20 heavy (non-hydrogen) atoms. The lowest BCUT2D eigenvalue weighted by molar-refractivity contribution is -0.134. The molecule has 0 spiro atoms. The fourth-order valence-corrected chi connectivity index (χ4v) is 2.78. The van der Waals surface area contributed by atoms with E-state index in [-0.39, 0.29) is 11.9 Å². The summed E-state index contributed by atoms with van der Waals surface area (Å²) >= 11 is 0. The van der Waals surface area contributed by atoms with Gasteiger partial charge in [-0.3, -0.25) is 4.79 Å². The maximum Gasteiger partial charge on any atom is 0.245 e. The Balaban J connectivity index is 2.01. The van der Waals surface area contributed by atoms with Gasteiger partial charge in [0.25, 0.3) is 0 Å². The molecule has 1 amide bonds. The number of carbonyl (C=O) groups is 1. The normalized spacial score (nSPS) is 18.1. The molecule has 108 valence electrons. The van der Waals surface area contributed by atoms with Crippen molar-refractivity contribution in [1.82, 2.24) is 9.80 Å². The Morgan fingerprint density at radius 3 is 2.65 bits per heavy atom. The second-order valence-electron chi connectivity index (χ2n) is 5.77. The zero-order valence-corrected chi connectivity index (χ0v) is 12.7. The minimum atomic E-state index is -0.0250. The van der Waals surface area contributed by atoms with E-state index >= 15 is 0 Å². The number of carbonyl (C=O) groups excluding carboxylic acids is 1. The first-order valence-corrected chi connectivity index (χ1v) is 7.21. The molecule has 0 bridgehead atoms. The number of rotatable bonds is 4. The van der Waals surface area contributed by atoms with Gasteiger partial charge in [-0.05, 0) is 32.3 Å². The van der Waals surface area contributed by atoms with Crippen molar-refractivity contribution in [1.29, 1.82) is 0 Å². The van der Waals surface area contributed by atoms with Crippen molar-refractivity contribution in [2.24, 2.45) is 0 Å². The molecular formula is C17H24N2O. The Labute approximate surface area is 121 Å². The molecule has 0 aromatic heterocycles. The van der Waals surface area contributed by atoms with E-state index in [0.29, 0.717) is 6.54 Å². The summed E-state index contributed by atoms with van der Waals surface area (Å²) < 4.78 is 0. The number of amides is 1. The van der Waals surface area contributed by atoms with Crippen LogP contribution in [0.15, 0.2) is 36.5 Å². The Kier molecular flexibility index (Phi) is 4.48. The standard InChI is InChI=1S/C17H24N2O/c1-13(2)19-11-5-6-16(19)17(20)18(4)12-15-9-7-14(3)8-10-15/h7-10,16H,1,5-6,11-12H2,2-4H3. The second-order valence-corrected chi connectivity index (χ2v) is 5.77. The predicted molar refractivity (Wildman–Crippen MR) is 82.2 cm³/mol. The van der Waals surface area contributed by atoms with Crippen LogP contribution >= 0.6 is 0 Å². The zero-order chi connectivity index (χ0) is 14.7. The molecule has 1 saturated heterocycles. The molecule has 0 radical (unpaired) electrons. The van der Waals surface area contributed by atoms with Crippen LogP contribution in [0.1, 0.15) is 30.9 Å². The van der Waals surface area contributed by atoms with Crippen LogP contribution in [-0.2, 0) is 11.3 Å². The quantitative estimate of drug-likeness (QED) is 0.841. The van der Waals surface area contributed by atoms with Crippen molar-refractivity contribution in [2.45, 2.75) is 39.3 Å². The highest BCUT2D eigenvalue weighted by molar-refractivity contribution is 5.82. The van der Waals surface area contributed by atoms with E-state index in [1.54, 1.807) is 0 Å². The highest BCUT2D eigenvalue weighted by Gasteiger charge is 2.32. The van der Waals surface area contributed by atoms with Crippen molar-refractivity contribution < 1.29 is 4.79 Å². The molecule has 1 fully saturated rings. The van der Waals surface area contributed by atoms with Gasteiger partial charge in [-0.15, -0.1) is 0 Å². The van der Waals surface area contributed by atoms with Gasteiger partial charge < -0.3 is 9.80 Å². The number of likely N-dealkylation sites (N-methyl/N-ethyl adjacent to an activating group) is 1. The van der Waals surface area contributed by atoms with Crippen LogP contribution in [0.4, 0.5) is 0 Å². The first-order chi connectivity index (χ1) is 9.49. The molecule has 1 atom stereocenters. The minimum absolute atomic E-state index is 0.0250. The lowest BCUT2D eigenvalue weighted by atomic mass is 10.1. The van der Waals surface area contributed by atoms with E-state index in [1.807, 2.05) is 18.9 Å². The molecule has 0 aliphatic carbocycles. The van der Waals surface area contributed by atoms with Crippen molar-refractivity contribution in [2.75, 3.05) is 13.6 Å². The van der Waals surface area contributed by atoms with Gasteiger partial charge in [0, 0.05) is 25.8 Å². The summed E-state index contributed by atoms with van der Waals surface area (Å²) in [5, 5.41) is 0. The number of hydrogen-bond donors (Lipinski definition) is 0. The lowest BCUT2D eigenvalue weighted by Gasteiger charge is -2.29. The monoisotopic (exact) mass is 272 g/mol. The number of hydrogen-bond acceptors (Lipinski definition) is 2. The van der Waals surface area contributed by atoms with Crippen LogP contribution in [0.2, 0.25) is 0 Å². The topological polar surface area (TPSA) is 23.6 Å². The summed E-state index contributed by atoms with van der Waals surface area (Å²) in [4.78, 5) is 16.5. The number of allylic oxidation sites excluding steroid dienone is 1. The van der Waals surface area contributed by atoms with E-state index in [1.165, 1.54) is 11.1 Å². The van der Waals surface area contributed by atoms with Gasteiger partial charge in [0.1, 0.15) is 6.04 Å². The molecule has 2 rings (SSSR count). The van der Waals surface area contributed by atoms with E-state index in [4.69, 9.17) is 0 Å². The molecule has 1 aliphatic heterocycles. The van der Waals surface area contributed by atoms with Crippen molar-refractivity contribution >= 4 is 5.91 Å². The third kappa shape index (κ3) is 3.21. The first-order valence-electron chi connectivity index (χ1n) is 7.21. The smallest absolute Gasteiger partial charge is 0.245 e. The van der Waals surface area contributed by atoms with E-state index in [9.17, 15) is 4.79 Å². The molecule has 1 aromatic carbocycles. The van der Waals surface area contributed by atoms with Gasteiger partial charge in [-0.2, -0.15) is 0 Å². The van der Waals surface area contributed by atoms with Crippen molar-refractivity contribution in [3.63, 3.8) is 0 Å². The molecule has 1 heterocycles. The number of benzene rings is 1. The summed E-state index contributed by atoms with van der Waals surface area (Å²) in [7, 11) is 1.89. The van der Waals surface area contributed by atoms with Gasteiger partial charge in [0.15, 0.2) is 0 Å². The van der Waals surface area contributed by atoms with Gasteiger partial charge >= 0.3 is 0 Å². The lowest BCUT2D eigenvalue weighted by Crippen LogP contribution is -2.42. The van der Waals surface area contributed by atoms with Crippen LogP contribution < -0.4 is 0 Å². The molecule has 3 nitrogen and oxygen atoms in total. The van der Waals surface area contributed by atoms with Crippen LogP contribution in [0.5, 0.6) is 0 Å². The Hall–Kier alpha value is -1.77. The van der Waals surface area contributed by atoms with Crippen LogP contribution in [0.3, 0.4) is 0 Å². The van der Waals surface area contributed by atoms with E-state index in [0.717, 1.165) is 25.1 Å². The molecule has 0 N–H and O–H groups in total. The molecule has 1 aromatic rings. The average molecular weight is 272 g/mol. The number of likely N-dealkylation sites (tertiary alicyclic amines) is 1. The highest BCUT2D eigenvalue weighted by Crippen LogP contribution is 2.23. The van der Waals surface area contributed by atoms with Crippen molar-refractivity contribution in [3.8, 4) is 0 Å². The maximum atomic E-state index is 12.6. The minimum Gasteiger partial charge on any atom is -0.364 e. The summed E-state index contributed by atoms with van der Waals surface area (Å²) in [6.45, 7) is 9.64. The number of nitrogens with zero attached hydrogens (tertiary/aromatic N) is 2. The molecule has 1 unspecified atom stereocenters. The van der Waals surface area contributed by atoms with E-state index in [2.05, 4.69) is 42.7 Å². The third-order valence-corrected chi connectivity index (χ3v) is 3.94. The SMILES string of the molecule is C=C(C)N1CCCC1C(=O)N(C)Cc1ccc(C)cc1.